The smallest absolute Gasteiger partial charge is 0.312 e. The topological polar surface area (TPSA) is 203 Å². The number of methoxy groups -OCH3 is 2. The Labute approximate surface area is 387 Å². The Bertz CT molecular complexity index is 1760. The molecule has 10 unspecified atom stereocenters. The monoisotopic (exact) mass is 939 g/mol. The van der Waals surface area contributed by atoms with Crippen molar-refractivity contribution in [3.8, 4) is 0 Å². The minimum atomic E-state index is -1.62. The Hall–Kier alpha value is -3.12. The second kappa shape index (κ2) is 23.4. The van der Waals surface area contributed by atoms with Gasteiger partial charge in [-0.15, -0.1) is 11.8 Å². The van der Waals surface area contributed by atoms with E-state index in [4.69, 9.17) is 37.7 Å². The van der Waals surface area contributed by atoms with Crippen LogP contribution in [0.3, 0.4) is 0 Å². The van der Waals surface area contributed by atoms with Gasteiger partial charge in [0.25, 0.3) is 0 Å². The number of fused-ring (bicyclic) bond motifs is 5. The predicted molar refractivity (Wildman–Crippen MR) is 246 cm³/mol. The van der Waals surface area contributed by atoms with Crippen molar-refractivity contribution in [2.75, 3.05) is 59.4 Å². The van der Waals surface area contributed by atoms with E-state index >= 15 is 0 Å². The first-order valence-electron chi connectivity index (χ1n) is 21.7. The number of thioether (sulfide) groups is 2. The average Bonchev–Trinajstić information content (AvgIpc) is 3.87. The maximum atomic E-state index is 14.8. The maximum absolute atomic E-state index is 14.8. The summed E-state index contributed by atoms with van der Waals surface area (Å²) in [6.07, 6.45) is 2.83. The zero-order chi connectivity index (χ0) is 47.4. The number of imide groups is 1. The first kappa shape index (κ1) is 54.2. The van der Waals surface area contributed by atoms with Crippen LogP contribution >= 0.6 is 35.7 Å². The highest BCUT2D eigenvalue weighted by Gasteiger charge is 2.67. The molecule has 2 saturated heterocycles. The molecule has 2 bridgehead atoms. The summed E-state index contributed by atoms with van der Waals surface area (Å²) in [5.74, 6) is -3.71. The van der Waals surface area contributed by atoms with E-state index in [1.807, 2.05) is 13.8 Å². The van der Waals surface area contributed by atoms with Crippen molar-refractivity contribution in [1.82, 2.24) is 20.9 Å². The zero-order valence-corrected chi connectivity index (χ0v) is 41.0. The minimum absolute atomic E-state index is 0.00729. The summed E-state index contributed by atoms with van der Waals surface area (Å²) in [7, 11) is 3.00. The van der Waals surface area contributed by atoms with Gasteiger partial charge in [-0.25, -0.2) is 6.57 Å². The molecule has 63 heavy (non-hydrogen) atoms. The Balaban J connectivity index is 2.06. The van der Waals surface area contributed by atoms with Gasteiger partial charge in [0, 0.05) is 65.5 Å². The molecule has 0 aromatic carbocycles. The number of ether oxygens (including phenoxy) is 4. The van der Waals surface area contributed by atoms with Gasteiger partial charge in [0.05, 0.1) is 53.5 Å². The third-order valence-corrected chi connectivity index (χ3v) is 14.9. The van der Waals surface area contributed by atoms with E-state index in [-0.39, 0.29) is 77.0 Å². The second-order valence-corrected chi connectivity index (χ2v) is 22.0. The quantitative estimate of drug-likeness (QED) is 0.0300. The van der Waals surface area contributed by atoms with E-state index in [9.17, 15) is 33.9 Å². The first-order valence-corrected chi connectivity index (χ1v) is 23.9. The molecule has 10 atom stereocenters. The predicted octanol–water partition coefficient (Wildman–Crippen LogP) is 4.22. The number of carbonyl (C=O) groups is 6. The number of nitrogens with zero attached hydrogens (tertiary/aromatic N) is 2. The molecule has 0 aliphatic carbocycles. The Morgan fingerprint density at radius 3 is 2.29 bits per heavy atom. The fraction of sp³-hybridized carbons (Fsp3) is 0.773. The van der Waals surface area contributed by atoms with Gasteiger partial charge in [-0.2, -0.15) is 0 Å². The van der Waals surface area contributed by atoms with Gasteiger partial charge >= 0.3 is 5.97 Å². The second-order valence-electron chi connectivity index (χ2n) is 18.2. The van der Waals surface area contributed by atoms with Crippen LogP contribution in [0.4, 0.5) is 0 Å². The summed E-state index contributed by atoms with van der Waals surface area (Å²) < 4.78 is 21.9. The maximum Gasteiger partial charge on any atom is 0.312 e. The van der Waals surface area contributed by atoms with Crippen LogP contribution in [-0.4, -0.2) is 143 Å². The van der Waals surface area contributed by atoms with Gasteiger partial charge in [0.15, 0.2) is 0 Å². The molecule has 0 aromatic rings. The van der Waals surface area contributed by atoms with Crippen molar-refractivity contribution in [2.24, 2.45) is 22.7 Å². The zero-order valence-electron chi connectivity index (χ0n) is 38.6. The summed E-state index contributed by atoms with van der Waals surface area (Å²) in [6.45, 7) is 22.1. The number of aliphatic hydroxyl groups is 1. The largest absolute Gasteiger partial charge is 0.463 e. The number of carbonyl (C=O) groups excluding carboxylic acids is 6. The van der Waals surface area contributed by atoms with E-state index in [0.29, 0.717) is 15.8 Å². The molecule has 0 aromatic heterocycles. The minimum Gasteiger partial charge on any atom is -0.463 e. The lowest BCUT2D eigenvalue weighted by Crippen LogP contribution is -2.53. The van der Waals surface area contributed by atoms with Gasteiger partial charge in [-0.3, -0.25) is 33.7 Å². The van der Waals surface area contributed by atoms with Crippen molar-refractivity contribution in [3.63, 3.8) is 0 Å². The third-order valence-electron chi connectivity index (χ3n) is 11.9. The molecule has 0 radical (unpaired) electrons. The molecule has 5 amide bonds. The highest BCUT2D eigenvalue weighted by atomic mass is 32.2. The lowest BCUT2D eigenvalue weighted by Gasteiger charge is -2.42. The molecule has 0 spiro atoms. The van der Waals surface area contributed by atoms with E-state index in [2.05, 4.69) is 20.8 Å². The van der Waals surface area contributed by atoms with Crippen LogP contribution < -0.4 is 16.0 Å². The third kappa shape index (κ3) is 13.7. The van der Waals surface area contributed by atoms with Crippen LogP contribution in [0.2, 0.25) is 0 Å². The summed E-state index contributed by atoms with van der Waals surface area (Å²) in [4.78, 5) is 88.9. The number of rotatable bonds is 27. The Kier molecular flexibility index (Phi) is 20.1. The van der Waals surface area contributed by atoms with Crippen molar-refractivity contribution in [2.45, 2.75) is 135 Å². The molecule has 19 heteroatoms. The fourth-order valence-corrected chi connectivity index (χ4v) is 12.0. The number of aliphatic hydroxyl groups excluding tert-OH is 1. The summed E-state index contributed by atoms with van der Waals surface area (Å²) in [5.41, 5.74) is -5.52. The highest BCUT2D eigenvalue weighted by molar-refractivity contribution is 8.47. The van der Waals surface area contributed by atoms with Crippen LogP contribution in [0, 0.1) is 29.2 Å². The van der Waals surface area contributed by atoms with Crippen molar-refractivity contribution < 1.29 is 52.8 Å². The van der Waals surface area contributed by atoms with Crippen LogP contribution in [0.1, 0.15) is 100 Å². The average molecular weight is 940 g/mol. The molecule has 0 saturated carbocycles. The first-order chi connectivity index (χ1) is 29.5. The van der Waals surface area contributed by atoms with Crippen LogP contribution in [0.15, 0.2) is 12.2 Å². The molecule has 354 valence electrons. The number of amides is 5. The summed E-state index contributed by atoms with van der Waals surface area (Å²) in [5, 5.41) is 18.7. The van der Waals surface area contributed by atoms with Gasteiger partial charge in [-0.1, -0.05) is 56.9 Å². The Morgan fingerprint density at radius 1 is 1.00 bits per heavy atom. The number of nitrogens with one attached hydrogen (secondary N) is 3. The molecule has 3 aliphatic rings. The molecule has 3 rings (SSSR count). The number of hydrogen-bond donors (Lipinski definition) is 4. The van der Waals surface area contributed by atoms with Crippen molar-refractivity contribution in [1.29, 1.82) is 0 Å². The molecular weight excluding hydrogens is 871 g/mol. The van der Waals surface area contributed by atoms with E-state index < -0.39 is 80.4 Å². The van der Waals surface area contributed by atoms with Gasteiger partial charge in [-0.05, 0) is 59.1 Å². The van der Waals surface area contributed by atoms with E-state index in [1.165, 1.54) is 32.9 Å². The SMILES string of the molecule is [C-]#[N+]C(C)(CCC(=O)NCCC)CC(C)(CC(C)(CC(C)(SC(=S)SCCC)C(=O)NCC(C)O)C(=O)NCC(C)OC)C(=O)OCCN1C(=O)C2C3C=CC(COC)(O3)C2C1=O. The fourth-order valence-electron chi connectivity index (χ4n) is 8.89. The molecule has 2 fully saturated rings. The molecule has 3 aliphatic heterocycles. The normalized spacial score (nSPS) is 24.8. The highest BCUT2D eigenvalue weighted by Crippen LogP contribution is 2.52. The lowest BCUT2D eigenvalue weighted by atomic mass is 9.64. The summed E-state index contributed by atoms with van der Waals surface area (Å²) >= 11 is 8.27. The number of thiocarbonyl (C=S) groups is 1. The van der Waals surface area contributed by atoms with E-state index in [0.717, 1.165) is 29.5 Å². The van der Waals surface area contributed by atoms with Crippen molar-refractivity contribution in [3.05, 3.63) is 23.6 Å². The van der Waals surface area contributed by atoms with Gasteiger partial charge in [0.1, 0.15) is 15.7 Å². The van der Waals surface area contributed by atoms with Crippen molar-refractivity contribution >= 4 is 74.8 Å². The van der Waals surface area contributed by atoms with Gasteiger partial charge < -0.3 is 44.8 Å². The van der Waals surface area contributed by atoms with E-state index in [1.54, 1.807) is 46.8 Å². The number of hydrogen-bond acceptors (Lipinski definition) is 14. The lowest BCUT2D eigenvalue weighted by molar-refractivity contribution is -0.162. The molecule has 16 nitrogen and oxygen atoms in total. The number of likely N-dealkylation sites (tertiary alicyclic amines) is 1. The van der Waals surface area contributed by atoms with Crippen LogP contribution in [0.5, 0.6) is 0 Å². The van der Waals surface area contributed by atoms with Gasteiger partial charge in [0.2, 0.25) is 35.1 Å². The summed E-state index contributed by atoms with van der Waals surface area (Å²) in [6, 6.07) is 0. The van der Waals surface area contributed by atoms with Crippen LogP contribution in [-0.2, 0) is 47.7 Å². The van der Waals surface area contributed by atoms with Crippen LogP contribution in [0.25, 0.3) is 4.85 Å². The standard InChI is InChI=1S/C44H69N5O11S3/c1-12-18-46-31(51)15-16-42(7,45-9)25-41(6,38(56)59-20-19-49-34(52)32-30-14-17-44(60-30,27-57-10)33(32)35(49)53)24-40(5,36(54)48-23-29(4)58-11)26-43(8,37(55)47-22-28(3)50)63-39(61)62-21-13-2/h14,17,28-30,32-33,50H,12-13,15-16,18-27H2,1-8,10-11H3,(H,46,51)(H,47,55)(H,48,54). The Morgan fingerprint density at radius 2 is 1.68 bits per heavy atom. The number of esters is 1. The molecule has 4 N–H and O–H groups in total. The molecule has 3 heterocycles. The molecular formula is C44H69N5O11S3.